The number of carbonyl (C=O) groups excluding carboxylic acids is 3. The monoisotopic (exact) mass is 526 g/mol. The standard InChI is InChI=1S/C24H23FN6O7/c1-12(32)35-10-17-20(36-13(2)33)21(37-14(3)34)24(38-17)31-11-28-19-22(29-18(8-26)30-23(19)31)27-9-15-6-4-5-7-16(15)25/h4-7,11,17,20-21,24H,9-10H2,1-3H3,(H,27,29,30)/t17-,20-,21-,24-/m1/s1. The quantitative estimate of drug-likeness (QED) is 0.334. The van der Waals surface area contributed by atoms with E-state index in [4.69, 9.17) is 18.9 Å². The number of aromatic nitrogens is 4. The van der Waals surface area contributed by atoms with Gasteiger partial charge >= 0.3 is 17.9 Å². The van der Waals surface area contributed by atoms with Gasteiger partial charge in [-0.2, -0.15) is 15.2 Å². The second kappa shape index (κ2) is 11.2. The summed E-state index contributed by atoms with van der Waals surface area (Å²) in [4.78, 5) is 47.9. The Bertz CT molecular complexity index is 1420. The first-order valence-electron chi connectivity index (χ1n) is 11.4. The summed E-state index contributed by atoms with van der Waals surface area (Å²) in [6.45, 7) is 3.31. The minimum atomic E-state index is -1.18. The van der Waals surface area contributed by atoms with Crippen molar-refractivity contribution in [2.75, 3.05) is 11.9 Å². The van der Waals surface area contributed by atoms with E-state index in [1.165, 1.54) is 37.7 Å². The smallest absolute Gasteiger partial charge is 0.303 e. The molecule has 3 heterocycles. The fraction of sp³-hybridized carbons (Fsp3) is 0.375. The largest absolute Gasteiger partial charge is 0.463 e. The molecule has 14 heteroatoms. The van der Waals surface area contributed by atoms with E-state index in [1.54, 1.807) is 18.2 Å². The van der Waals surface area contributed by atoms with Crippen molar-refractivity contribution in [2.24, 2.45) is 0 Å². The van der Waals surface area contributed by atoms with Crippen molar-refractivity contribution in [3.8, 4) is 6.07 Å². The van der Waals surface area contributed by atoms with Gasteiger partial charge in [-0.05, 0) is 6.07 Å². The van der Waals surface area contributed by atoms with Crippen LogP contribution in [0, 0.1) is 17.1 Å². The second-order valence-corrected chi connectivity index (χ2v) is 8.29. The number of hydrogen-bond donors (Lipinski definition) is 1. The van der Waals surface area contributed by atoms with E-state index in [0.717, 1.165) is 0 Å². The van der Waals surface area contributed by atoms with Crippen molar-refractivity contribution in [1.82, 2.24) is 19.5 Å². The van der Waals surface area contributed by atoms with Crippen LogP contribution in [0.2, 0.25) is 0 Å². The summed E-state index contributed by atoms with van der Waals surface area (Å²) in [6, 6.07) is 8.03. The third kappa shape index (κ3) is 5.68. The summed E-state index contributed by atoms with van der Waals surface area (Å²) in [7, 11) is 0. The number of halogens is 1. The zero-order chi connectivity index (χ0) is 27.4. The van der Waals surface area contributed by atoms with E-state index >= 15 is 0 Å². The van der Waals surface area contributed by atoms with Gasteiger partial charge in [0.2, 0.25) is 5.82 Å². The van der Waals surface area contributed by atoms with E-state index in [0.29, 0.717) is 5.56 Å². The van der Waals surface area contributed by atoms with Crippen LogP contribution in [0.25, 0.3) is 11.2 Å². The third-order valence-electron chi connectivity index (χ3n) is 5.54. The maximum absolute atomic E-state index is 14.1. The number of carbonyl (C=O) groups is 3. The van der Waals surface area contributed by atoms with Crippen LogP contribution in [0.15, 0.2) is 30.6 Å². The summed E-state index contributed by atoms with van der Waals surface area (Å²) < 4.78 is 37.4. The van der Waals surface area contributed by atoms with Crippen LogP contribution in [-0.4, -0.2) is 62.3 Å². The number of ether oxygens (including phenoxy) is 4. The summed E-state index contributed by atoms with van der Waals surface area (Å²) in [6.07, 6.45) is -3.10. The van der Waals surface area contributed by atoms with Gasteiger partial charge in [0.05, 0.1) is 6.33 Å². The van der Waals surface area contributed by atoms with Crippen LogP contribution < -0.4 is 5.32 Å². The molecule has 0 unspecified atom stereocenters. The highest BCUT2D eigenvalue weighted by Crippen LogP contribution is 2.36. The molecule has 0 spiro atoms. The van der Waals surface area contributed by atoms with Gasteiger partial charge in [0.1, 0.15) is 24.6 Å². The first-order chi connectivity index (χ1) is 18.2. The lowest BCUT2D eigenvalue weighted by Gasteiger charge is -2.23. The van der Waals surface area contributed by atoms with Crippen molar-refractivity contribution in [2.45, 2.75) is 51.9 Å². The van der Waals surface area contributed by atoms with Crippen LogP contribution >= 0.6 is 0 Å². The van der Waals surface area contributed by atoms with Gasteiger partial charge in [-0.25, -0.2) is 9.37 Å². The zero-order valence-electron chi connectivity index (χ0n) is 20.6. The lowest BCUT2D eigenvalue weighted by atomic mass is 10.1. The number of nitrogens with one attached hydrogen (secondary N) is 1. The molecule has 1 aliphatic rings. The van der Waals surface area contributed by atoms with Gasteiger partial charge in [-0.15, -0.1) is 0 Å². The summed E-state index contributed by atoms with van der Waals surface area (Å²) in [5, 5.41) is 12.5. The molecule has 4 rings (SSSR count). The summed E-state index contributed by atoms with van der Waals surface area (Å²) in [5.41, 5.74) is 0.714. The Morgan fingerprint density at radius 1 is 1.11 bits per heavy atom. The number of fused-ring (bicyclic) bond motifs is 1. The molecule has 1 N–H and O–H groups in total. The normalized spacial score (nSPS) is 20.5. The van der Waals surface area contributed by atoms with E-state index < -0.39 is 48.3 Å². The van der Waals surface area contributed by atoms with E-state index in [-0.39, 0.29) is 36.0 Å². The van der Waals surface area contributed by atoms with Crippen molar-refractivity contribution in [3.05, 3.63) is 47.8 Å². The first-order valence-corrected chi connectivity index (χ1v) is 11.4. The predicted molar refractivity (Wildman–Crippen MR) is 125 cm³/mol. The van der Waals surface area contributed by atoms with Crippen LogP contribution in [0.5, 0.6) is 0 Å². The Hall–Kier alpha value is -4.64. The average Bonchev–Trinajstić information content (AvgIpc) is 3.42. The molecule has 0 bridgehead atoms. The van der Waals surface area contributed by atoms with E-state index in [2.05, 4.69) is 20.3 Å². The molecule has 13 nitrogen and oxygen atoms in total. The Morgan fingerprint density at radius 2 is 1.82 bits per heavy atom. The highest BCUT2D eigenvalue weighted by atomic mass is 19.1. The number of rotatable bonds is 8. The van der Waals surface area contributed by atoms with Crippen LogP contribution in [0.1, 0.15) is 38.4 Å². The van der Waals surface area contributed by atoms with Gasteiger partial charge in [0.15, 0.2) is 35.4 Å². The topological polar surface area (TPSA) is 168 Å². The average molecular weight is 526 g/mol. The number of imidazole rings is 1. The van der Waals surface area contributed by atoms with E-state index in [9.17, 15) is 24.0 Å². The molecule has 0 amide bonds. The second-order valence-electron chi connectivity index (χ2n) is 8.29. The molecule has 4 atom stereocenters. The highest BCUT2D eigenvalue weighted by molar-refractivity contribution is 5.83. The molecule has 1 saturated heterocycles. The number of anilines is 1. The van der Waals surface area contributed by atoms with Crippen LogP contribution in [-0.2, 0) is 39.9 Å². The molecular weight excluding hydrogens is 503 g/mol. The van der Waals surface area contributed by atoms with Crippen molar-refractivity contribution >= 4 is 34.9 Å². The molecule has 1 fully saturated rings. The third-order valence-corrected chi connectivity index (χ3v) is 5.54. The first kappa shape index (κ1) is 26.4. The highest BCUT2D eigenvalue weighted by Gasteiger charge is 2.51. The zero-order valence-corrected chi connectivity index (χ0v) is 20.6. The molecule has 2 aromatic heterocycles. The van der Waals surface area contributed by atoms with E-state index in [1.807, 2.05) is 6.07 Å². The molecule has 0 saturated carbocycles. The molecule has 3 aromatic rings. The lowest BCUT2D eigenvalue weighted by molar-refractivity contribution is -0.166. The minimum Gasteiger partial charge on any atom is -0.463 e. The molecule has 0 aliphatic carbocycles. The fourth-order valence-corrected chi connectivity index (χ4v) is 4.01. The molecule has 198 valence electrons. The number of hydrogen-bond acceptors (Lipinski definition) is 12. The Labute approximate surface area is 215 Å². The Kier molecular flexibility index (Phi) is 7.77. The lowest BCUT2D eigenvalue weighted by Crippen LogP contribution is -2.40. The fourth-order valence-electron chi connectivity index (χ4n) is 4.01. The number of esters is 3. The molecule has 0 radical (unpaired) electrons. The number of benzene rings is 1. The van der Waals surface area contributed by atoms with Gasteiger partial charge in [0, 0.05) is 32.9 Å². The SMILES string of the molecule is CC(=O)OC[C@H]1O[C@@H](n2cnc3c(NCc4ccccc4F)nc(C#N)nc32)[C@H](OC(C)=O)[C@@H]1OC(C)=O. The van der Waals surface area contributed by atoms with Crippen LogP contribution in [0.3, 0.4) is 0 Å². The summed E-state index contributed by atoms with van der Waals surface area (Å²) in [5.74, 6) is -2.43. The maximum Gasteiger partial charge on any atom is 0.303 e. The predicted octanol–water partition coefficient (Wildman–Crippen LogP) is 1.77. The Morgan fingerprint density at radius 3 is 2.47 bits per heavy atom. The maximum atomic E-state index is 14.1. The van der Waals surface area contributed by atoms with Crippen molar-refractivity contribution in [1.29, 1.82) is 5.26 Å². The van der Waals surface area contributed by atoms with Crippen LogP contribution in [0.4, 0.5) is 10.2 Å². The summed E-state index contributed by atoms with van der Waals surface area (Å²) >= 11 is 0. The number of nitriles is 1. The number of nitrogens with zero attached hydrogens (tertiary/aromatic N) is 5. The minimum absolute atomic E-state index is 0.0471. The molecular formula is C24H23FN6O7. The van der Waals surface area contributed by atoms with Gasteiger partial charge in [-0.1, -0.05) is 18.2 Å². The van der Waals surface area contributed by atoms with Crippen molar-refractivity contribution in [3.63, 3.8) is 0 Å². The van der Waals surface area contributed by atoms with Gasteiger partial charge in [-0.3, -0.25) is 19.0 Å². The molecule has 1 aromatic carbocycles. The van der Waals surface area contributed by atoms with Gasteiger partial charge in [0.25, 0.3) is 0 Å². The molecule has 38 heavy (non-hydrogen) atoms. The van der Waals surface area contributed by atoms with Crippen molar-refractivity contribution < 1.29 is 37.7 Å². The Balaban J connectivity index is 1.73. The molecule has 1 aliphatic heterocycles. The van der Waals surface area contributed by atoms with Gasteiger partial charge < -0.3 is 24.3 Å².